The molecule has 1 amide bonds. The van der Waals surface area contributed by atoms with Crippen LogP contribution in [-0.2, 0) is 4.79 Å². The highest BCUT2D eigenvalue weighted by molar-refractivity contribution is 8.01. The van der Waals surface area contributed by atoms with E-state index in [1.165, 1.54) is 50.7 Å². The Hall–Kier alpha value is -1.56. The maximum absolute atomic E-state index is 12.3. The van der Waals surface area contributed by atoms with Gasteiger partial charge in [0.25, 0.3) is 5.69 Å². The molecule has 0 heterocycles. The van der Waals surface area contributed by atoms with Crippen LogP contribution >= 0.6 is 11.8 Å². The third-order valence-electron chi connectivity index (χ3n) is 5.85. The highest BCUT2D eigenvalue weighted by atomic mass is 32.2. The third-order valence-corrected chi connectivity index (χ3v) is 7.37. The number of anilines is 1. The van der Waals surface area contributed by atoms with Crippen LogP contribution in [0.4, 0.5) is 11.4 Å². The Labute approximate surface area is 145 Å². The number of hydrogen-bond acceptors (Lipinski definition) is 4. The first-order valence-electron chi connectivity index (χ1n) is 8.70. The highest BCUT2D eigenvalue weighted by Crippen LogP contribution is 2.60. The topological polar surface area (TPSA) is 72.2 Å². The lowest BCUT2D eigenvalue weighted by molar-refractivity contribution is -0.384. The number of nitrogens with one attached hydrogen (secondary N) is 1. The summed E-state index contributed by atoms with van der Waals surface area (Å²) >= 11 is 1.85. The molecule has 0 aliphatic heterocycles. The molecule has 0 spiro atoms. The molecule has 0 radical (unpaired) electrons. The molecule has 4 aliphatic rings. The first-order chi connectivity index (χ1) is 11.5. The van der Waals surface area contributed by atoms with Crippen molar-refractivity contribution >= 4 is 29.0 Å². The Balaban J connectivity index is 1.33. The number of carbonyl (C=O) groups excluding carboxylic acids is 1. The van der Waals surface area contributed by atoms with Crippen molar-refractivity contribution < 1.29 is 9.72 Å². The van der Waals surface area contributed by atoms with Gasteiger partial charge in [-0.1, -0.05) is 0 Å². The second kappa shape index (κ2) is 6.06. The molecular weight excluding hydrogens is 324 g/mol. The van der Waals surface area contributed by atoms with Crippen molar-refractivity contribution in [2.75, 3.05) is 11.1 Å². The van der Waals surface area contributed by atoms with Gasteiger partial charge in [-0.15, -0.1) is 11.8 Å². The Morgan fingerprint density at radius 2 is 1.67 bits per heavy atom. The van der Waals surface area contributed by atoms with Crippen LogP contribution in [0.2, 0.25) is 0 Å². The Morgan fingerprint density at radius 3 is 2.17 bits per heavy atom. The van der Waals surface area contributed by atoms with Gasteiger partial charge in [0.2, 0.25) is 5.91 Å². The smallest absolute Gasteiger partial charge is 0.269 e. The van der Waals surface area contributed by atoms with Crippen LogP contribution in [0.25, 0.3) is 0 Å². The molecule has 1 aromatic carbocycles. The summed E-state index contributed by atoms with van der Waals surface area (Å²) in [7, 11) is 0. The monoisotopic (exact) mass is 346 g/mol. The summed E-state index contributed by atoms with van der Waals surface area (Å²) in [5.41, 5.74) is 0.660. The van der Waals surface area contributed by atoms with Crippen molar-refractivity contribution in [2.45, 2.75) is 43.3 Å². The van der Waals surface area contributed by atoms with Crippen LogP contribution in [0.1, 0.15) is 38.5 Å². The number of non-ortho nitro benzene ring substituents is 1. The lowest BCUT2D eigenvalue weighted by atomic mass is 9.56. The van der Waals surface area contributed by atoms with E-state index in [9.17, 15) is 14.9 Å². The van der Waals surface area contributed by atoms with Gasteiger partial charge in [-0.3, -0.25) is 14.9 Å². The number of amides is 1. The number of thioether (sulfide) groups is 1. The number of hydrogen-bond donors (Lipinski definition) is 1. The zero-order chi connectivity index (χ0) is 16.7. The van der Waals surface area contributed by atoms with E-state index < -0.39 is 4.92 Å². The molecular formula is C18H22N2O3S. The Morgan fingerprint density at radius 1 is 1.12 bits per heavy atom. The number of carbonyl (C=O) groups is 1. The van der Waals surface area contributed by atoms with Gasteiger partial charge in [0, 0.05) is 22.6 Å². The van der Waals surface area contributed by atoms with Gasteiger partial charge >= 0.3 is 0 Å². The summed E-state index contributed by atoms with van der Waals surface area (Å²) in [6.07, 6.45) is 8.09. The molecule has 4 saturated carbocycles. The van der Waals surface area contributed by atoms with Crippen molar-refractivity contribution in [3.8, 4) is 0 Å². The predicted octanol–water partition coefficient (Wildman–Crippen LogP) is 4.24. The standard InChI is InChI=1S/C18H22N2O3S/c21-17(19-15-1-3-16(4-2-15)20(22)23)11-24-18-8-12-5-13(9-18)7-14(6-12)10-18/h1-4,12-14H,5-11H2,(H,19,21). The quantitative estimate of drug-likeness (QED) is 0.639. The molecule has 4 bridgehead atoms. The van der Waals surface area contributed by atoms with Crippen molar-refractivity contribution in [2.24, 2.45) is 17.8 Å². The zero-order valence-electron chi connectivity index (χ0n) is 13.6. The third kappa shape index (κ3) is 3.16. The number of rotatable bonds is 5. The molecule has 4 fully saturated rings. The van der Waals surface area contributed by atoms with Gasteiger partial charge < -0.3 is 5.32 Å². The highest BCUT2D eigenvalue weighted by Gasteiger charge is 2.51. The number of benzene rings is 1. The SMILES string of the molecule is O=C(CSC12CC3CC(CC(C3)C1)C2)Nc1ccc([N+](=O)[O-])cc1. The van der Waals surface area contributed by atoms with Gasteiger partial charge in [0.05, 0.1) is 10.7 Å². The van der Waals surface area contributed by atoms with Crippen molar-refractivity contribution in [1.29, 1.82) is 0 Å². The average Bonchev–Trinajstić information content (AvgIpc) is 2.52. The largest absolute Gasteiger partial charge is 0.325 e. The first kappa shape index (κ1) is 15.9. The van der Waals surface area contributed by atoms with E-state index in [2.05, 4.69) is 5.32 Å². The molecule has 24 heavy (non-hydrogen) atoms. The van der Waals surface area contributed by atoms with Gasteiger partial charge in [0.15, 0.2) is 0 Å². The molecule has 0 saturated heterocycles. The lowest BCUT2D eigenvalue weighted by Crippen LogP contribution is -2.49. The summed E-state index contributed by atoms with van der Waals surface area (Å²) in [5.74, 6) is 3.14. The minimum Gasteiger partial charge on any atom is -0.325 e. The van der Waals surface area contributed by atoms with Crippen molar-refractivity contribution in [3.05, 3.63) is 34.4 Å². The Kier molecular flexibility index (Phi) is 4.03. The van der Waals surface area contributed by atoms with Crippen LogP contribution in [-0.4, -0.2) is 21.3 Å². The lowest BCUT2D eigenvalue weighted by Gasteiger charge is -2.56. The zero-order valence-corrected chi connectivity index (χ0v) is 14.4. The molecule has 0 aromatic heterocycles. The van der Waals surface area contributed by atoms with Crippen molar-refractivity contribution in [3.63, 3.8) is 0 Å². The number of nitrogens with zero attached hydrogens (tertiary/aromatic N) is 1. The van der Waals surface area contributed by atoms with Gasteiger partial charge in [-0.25, -0.2) is 0 Å². The molecule has 5 nitrogen and oxygen atoms in total. The van der Waals surface area contributed by atoms with Crippen LogP contribution in [0.3, 0.4) is 0 Å². The molecule has 5 rings (SSSR count). The van der Waals surface area contributed by atoms with Gasteiger partial charge in [0.1, 0.15) is 0 Å². The predicted molar refractivity (Wildman–Crippen MR) is 95.1 cm³/mol. The number of nitro groups is 1. The van der Waals surface area contributed by atoms with Crippen LogP contribution < -0.4 is 5.32 Å². The summed E-state index contributed by atoms with van der Waals surface area (Å²) in [6.45, 7) is 0. The second-order valence-corrected chi connectivity index (χ2v) is 9.18. The molecule has 0 unspecified atom stereocenters. The second-order valence-electron chi connectivity index (χ2n) is 7.74. The normalized spacial score (nSPS) is 33.4. The molecule has 128 valence electrons. The minimum atomic E-state index is -0.436. The summed E-state index contributed by atoms with van der Waals surface area (Å²) in [6, 6.07) is 6.01. The Bertz CT molecular complexity index is 623. The van der Waals surface area contributed by atoms with E-state index in [4.69, 9.17) is 0 Å². The summed E-state index contributed by atoms with van der Waals surface area (Å²) in [4.78, 5) is 22.5. The molecule has 4 aliphatic carbocycles. The minimum absolute atomic E-state index is 0.00963. The van der Waals surface area contributed by atoms with E-state index in [1.54, 1.807) is 12.1 Å². The van der Waals surface area contributed by atoms with E-state index in [1.807, 2.05) is 11.8 Å². The van der Waals surface area contributed by atoms with Crippen molar-refractivity contribution in [1.82, 2.24) is 0 Å². The first-order valence-corrected chi connectivity index (χ1v) is 9.68. The fourth-order valence-corrected chi connectivity index (χ4v) is 6.86. The number of nitro benzene ring substituents is 1. The maximum atomic E-state index is 12.3. The summed E-state index contributed by atoms with van der Waals surface area (Å²) < 4.78 is 0.335. The van der Waals surface area contributed by atoms with E-state index in [0.717, 1.165) is 17.8 Å². The maximum Gasteiger partial charge on any atom is 0.269 e. The molecule has 6 heteroatoms. The van der Waals surface area contributed by atoms with E-state index >= 15 is 0 Å². The fraction of sp³-hybridized carbons (Fsp3) is 0.611. The van der Waals surface area contributed by atoms with Gasteiger partial charge in [-0.2, -0.15) is 0 Å². The van der Waals surface area contributed by atoms with Crippen LogP contribution in [0, 0.1) is 27.9 Å². The fourth-order valence-electron chi connectivity index (χ4n) is 5.29. The molecule has 1 aromatic rings. The van der Waals surface area contributed by atoms with Crippen LogP contribution in [0.15, 0.2) is 24.3 Å². The van der Waals surface area contributed by atoms with E-state index in [0.29, 0.717) is 16.2 Å². The van der Waals surface area contributed by atoms with Gasteiger partial charge in [-0.05, 0) is 68.4 Å². The summed E-state index contributed by atoms with van der Waals surface area (Å²) in [5, 5.41) is 13.5. The average molecular weight is 346 g/mol. The molecule has 0 atom stereocenters. The van der Waals surface area contributed by atoms with E-state index in [-0.39, 0.29) is 11.6 Å². The molecule has 1 N–H and O–H groups in total. The van der Waals surface area contributed by atoms with Crippen LogP contribution in [0.5, 0.6) is 0 Å².